The summed E-state index contributed by atoms with van der Waals surface area (Å²) in [4.78, 5) is 13.2. The van der Waals surface area contributed by atoms with Crippen LogP contribution in [0.2, 0.25) is 0 Å². The summed E-state index contributed by atoms with van der Waals surface area (Å²) in [5.41, 5.74) is 3.78. The first-order valence-corrected chi connectivity index (χ1v) is 10.2. The Balaban J connectivity index is 1.52. The van der Waals surface area contributed by atoms with Gasteiger partial charge in [-0.2, -0.15) is 15.2 Å². The molecule has 144 valence electrons. The lowest BCUT2D eigenvalue weighted by Crippen LogP contribution is -2.06. The van der Waals surface area contributed by atoms with Gasteiger partial charge in [0, 0.05) is 17.6 Å². The Kier molecular flexibility index (Phi) is 5.82. The average molecular weight is 447 g/mol. The van der Waals surface area contributed by atoms with Crippen LogP contribution in [0.3, 0.4) is 0 Å². The van der Waals surface area contributed by atoms with Crippen LogP contribution in [0.5, 0.6) is 0 Å². The number of nitrogens with one attached hydrogen (secondary N) is 1. The number of aryl methyl sites for hydroxylation is 2. The van der Waals surface area contributed by atoms with Gasteiger partial charge >= 0.3 is 0 Å². The van der Waals surface area contributed by atoms with Crippen LogP contribution < -0.4 is 5.32 Å². The fourth-order valence-electron chi connectivity index (χ4n) is 3.17. The van der Waals surface area contributed by atoms with Crippen molar-refractivity contribution in [1.82, 2.24) is 19.5 Å². The Morgan fingerprint density at radius 3 is 2.55 bits per heavy atom. The molecule has 4 aromatic rings. The molecule has 2 aromatic heterocycles. The maximum Gasteiger partial charge on any atom is 0.236 e. The van der Waals surface area contributed by atoms with E-state index in [1.807, 2.05) is 34.9 Å². The number of aromatic nitrogens is 4. The van der Waals surface area contributed by atoms with Crippen LogP contribution >= 0.6 is 15.9 Å². The SMILES string of the molecule is N#Cc1nc(NCc2ccc(Br)cc2)c2ncn(CCCc3ccccc3)c2n1. The molecule has 0 aliphatic rings. The molecule has 0 aliphatic heterocycles. The van der Waals surface area contributed by atoms with Gasteiger partial charge in [-0.1, -0.05) is 58.4 Å². The third-order valence-electron chi connectivity index (χ3n) is 4.64. The number of halogens is 1. The second-order valence-corrected chi connectivity index (χ2v) is 7.60. The monoisotopic (exact) mass is 446 g/mol. The molecule has 0 spiro atoms. The van der Waals surface area contributed by atoms with Crippen molar-refractivity contribution in [2.24, 2.45) is 0 Å². The van der Waals surface area contributed by atoms with E-state index < -0.39 is 0 Å². The summed E-state index contributed by atoms with van der Waals surface area (Å²) in [6, 6.07) is 20.5. The number of hydrogen-bond acceptors (Lipinski definition) is 5. The third-order valence-corrected chi connectivity index (χ3v) is 5.17. The van der Waals surface area contributed by atoms with Gasteiger partial charge in [-0.05, 0) is 36.1 Å². The van der Waals surface area contributed by atoms with Gasteiger partial charge in [0.15, 0.2) is 17.0 Å². The second kappa shape index (κ2) is 8.84. The van der Waals surface area contributed by atoms with Crippen LogP contribution in [-0.2, 0) is 19.5 Å². The molecule has 1 N–H and O–H groups in total. The van der Waals surface area contributed by atoms with Gasteiger partial charge < -0.3 is 9.88 Å². The largest absolute Gasteiger partial charge is 0.364 e. The highest BCUT2D eigenvalue weighted by molar-refractivity contribution is 9.10. The number of nitriles is 1. The molecule has 0 atom stereocenters. The van der Waals surface area contributed by atoms with Gasteiger partial charge in [0.05, 0.1) is 6.33 Å². The van der Waals surface area contributed by atoms with E-state index in [1.54, 1.807) is 6.33 Å². The number of nitrogens with zero attached hydrogens (tertiary/aromatic N) is 5. The molecule has 0 saturated carbocycles. The van der Waals surface area contributed by atoms with Crippen LogP contribution in [0.25, 0.3) is 11.2 Å². The average Bonchev–Trinajstić information content (AvgIpc) is 3.17. The van der Waals surface area contributed by atoms with Crippen molar-refractivity contribution in [3.05, 3.63) is 82.3 Å². The molecular weight excluding hydrogens is 428 g/mol. The topological polar surface area (TPSA) is 79.4 Å². The Morgan fingerprint density at radius 2 is 1.79 bits per heavy atom. The summed E-state index contributed by atoms with van der Waals surface area (Å²) < 4.78 is 3.03. The van der Waals surface area contributed by atoms with Crippen LogP contribution in [-0.4, -0.2) is 19.5 Å². The molecule has 0 aliphatic carbocycles. The number of rotatable bonds is 7. The lowest BCUT2D eigenvalue weighted by Gasteiger charge is -2.08. The highest BCUT2D eigenvalue weighted by Gasteiger charge is 2.13. The molecule has 7 heteroatoms. The van der Waals surface area contributed by atoms with Crippen molar-refractivity contribution in [3.8, 4) is 6.07 Å². The number of fused-ring (bicyclic) bond motifs is 1. The Morgan fingerprint density at radius 1 is 1.00 bits per heavy atom. The zero-order valence-corrected chi connectivity index (χ0v) is 17.3. The van der Waals surface area contributed by atoms with E-state index in [2.05, 4.69) is 66.5 Å². The summed E-state index contributed by atoms with van der Waals surface area (Å²) in [5, 5.41) is 12.7. The summed E-state index contributed by atoms with van der Waals surface area (Å²) in [6.45, 7) is 1.37. The number of benzene rings is 2. The van der Waals surface area contributed by atoms with E-state index in [0.717, 1.165) is 29.4 Å². The second-order valence-electron chi connectivity index (χ2n) is 6.69. The Bertz CT molecular complexity index is 1150. The van der Waals surface area contributed by atoms with Gasteiger partial charge in [-0.3, -0.25) is 0 Å². The number of imidazole rings is 1. The Hall–Kier alpha value is -3.24. The van der Waals surface area contributed by atoms with Gasteiger partial charge in [-0.25, -0.2) is 4.98 Å². The van der Waals surface area contributed by atoms with Crippen molar-refractivity contribution < 1.29 is 0 Å². The van der Waals surface area contributed by atoms with Crippen molar-refractivity contribution >= 4 is 32.9 Å². The number of hydrogen-bond donors (Lipinski definition) is 1. The van der Waals surface area contributed by atoms with Crippen LogP contribution in [0.15, 0.2) is 65.4 Å². The van der Waals surface area contributed by atoms with E-state index in [0.29, 0.717) is 23.5 Å². The zero-order valence-electron chi connectivity index (χ0n) is 15.7. The van der Waals surface area contributed by atoms with Crippen LogP contribution in [0.1, 0.15) is 23.4 Å². The van der Waals surface area contributed by atoms with Crippen molar-refractivity contribution in [2.45, 2.75) is 25.9 Å². The lowest BCUT2D eigenvalue weighted by molar-refractivity contribution is 0.652. The molecule has 0 saturated heterocycles. The van der Waals surface area contributed by atoms with E-state index in [1.165, 1.54) is 5.56 Å². The quantitative estimate of drug-likeness (QED) is 0.444. The lowest BCUT2D eigenvalue weighted by atomic mass is 10.1. The summed E-state index contributed by atoms with van der Waals surface area (Å²) in [7, 11) is 0. The van der Waals surface area contributed by atoms with Crippen LogP contribution in [0, 0.1) is 11.3 Å². The van der Waals surface area contributed by atoms with E-state index >= 15 is 0 Å². The number of anilines is 1. The molecule has 0 amide bonds. The minimum Gasteiger partial charge on any atom is -0.364 e. The first-order valence-electron chi connectivity index (χ1n) is 9.38. The first-order chi connectivity index (χ1) is 14.2. The molecule has 2 heterocycles. The predicted octanol–water partition coefficient (Wildman–Crippen LogP) is 4.71. The molecule has 0 radical (unpaired) electrons. The summed E-state index contributed by atoms with van der Waals surface area (Å²) >= 11 is 3.44. The molecule has 29 heavy (non-hydrogen) atoms. The van der Waals surface area contributed by atoms with Crippen molar-refractivity contribution in [1.29, 1.82) is 5.26 Å². The standard InChI is InChI=1S/C22H19BrN6/c23-18-10-8-17(9-11-18)14-25-21-20-22(28-19(13-24)27-21)29(15-26-20)12-4-7-16-5-2-1-3-6-16/h1-3,5-6,8-11,15H,4,7,12,14H2,(H,25,27,28). The molecule has 0 unspecified atom stereocenters. The Labute approximate surface area is 177 Å². The molecule has 2 aromatic carbocycles. The van der Waals surface area contributed by atoms with E-state index in [-0.39, 0.29) is 5.82 Å². The molecule has 4 rings (SSSR count). The first kappa shape index (κ1) is 19.1. The summed E-state index contributed by atoms with van der Waals surface area (Å²) in [6.07, 6.45) is 3.71. The third kappa shape index (κ3) is 4.61. The predicted molar refractivity (Wildman–Crippen MR) is 116 cm³/mol. The minimum atomic E-state index is 0.139. The maximum atomic E-state index is 9.35. The molecule has 0 fully saturated rings. The molecule has 6 nitrogen and oxygen atoms in total. The normalized spacial score (nSPS) is 10.8. The fourth-order valence-corrected chi connectivity index (χ4v) is 3.43. The van der Waals surface area contributed by atoms with E-state index in [4.69, 9.17) is 0 Å². The van der Waals surface area contributed by atoms with Gasteiger partial charge in [-0.15, -0.1) is 0 Å². The van der Waals surface area contributed by atoms with Gasteiger partial charge in [0.25, 0.3) is 0 Å². The van der Waals surface area contributed by atoms with Gasteiger partial charge in [0.1, 0.15) is 6.07 Å². The summed E-state index contributed by atoms with van der Waals surface area (Å²) in [5.74, 6) is 0.719. The van der Waals surface area contributed by atoms with Crippen molar-refractivity contribution in [2.75, 3.05) is 5.32 Å². The minimum absolute atomic E-state index is 0.139. The maximum absolute atomic E-state index is 9.35. The van der Waals surface area contributed by atoms with Gasteiger partial charge in [0.2, 0.25) is 5.82 Å². The smallest absolute Gasteiger partial charge is 0.236 e. The van der Waals surface area contributed by atoms with E-state index in [9.17, 15) is 5.26 Å². The highest BCUT2D eigenvalue weighted by atomic mass is 79.9. The highest BCUT2D eigenvalue weighted by Crippen LogP contribution is 2.21. The zero-order chi connectivity index (χ0) is 20.1. The molecular formula is C22H19BrN6. The van der Waals surface area contributed by atoms with Crippen molar-refractivity contribution in [3.63, 3.8) is 0 Å². The fraction of sp³-hybridized carbons (Fsp3) is 0.182. The molecule has 0 bridgehead atoms. The van der Waals surface area contributed by atoms with Crippen LogP contribution in [0.4, 0.5) is 5.82 Å².